The zero-order valence-electron chi connectivity index (χ0n) is 13.9. The molecule has 0 radical (unpaired) electrons. The van der Waals surface area contributed by atoms with Gasteiger partial charge < -0.3 is 13.9 Å². The molecule has 0 aliphatic carbocycles. The Bertz CT molecular complexity index is 957. The molecule has 132 valence electrons. The number of nitrogens with one attached hydrogen (secondary N) is 1. The van der Waals surface area contributed by atoms with Crippen LogP contribution < -0.4 is 14.8 Å². The number of fused-ring (bicyclic) bond motifs is 1. The highest BCUT2D eigenvalue weighted by molar-refractivity contribution is 7.99. The second-order valence-electron chi connectivity index (χ2n) is 5.36. The first-order chi connectivity index (χ1) is 12.7. The fraction of sp³-hybridized carbons (Fsp3) is 0.167. The number of hydrogen-bond donors (Lipinski definition) is 1. The largest absolute Gasteiger partial charge is 0.454 e. The second-order valence-corrected chi connectivity index (χ2v) is 6.67. The van der Waals surface area contributed by atoms with Crippen molar-refractivity contribution < 1.29 is 18.7 Å². The van der Waals surface area contributed by atoms with Gasteiger partial charge in [-0.1, -0.05) is 24.2 Å². The summed E-state index contributed by atoms with van der Waals surface area (Å²) < 4.78 is 16.2. The Balaban J connectivity index is 1.53. The van der Waals surface area contributed by atoms with Crippen molar-refractivity contribution >= 4 is 23.7 Å². The molecule has 0 fully saturated rings. The minimum atomic E-state index is -0.289. The third-order valence-electron chi connectivity index (χ3n) is 3.70. The van der Waals surface area contributed by atoms with E-state index >= 15 is 0 Å². The molecule has 7 nitrogen and oxygen atoms in total. The average molecular weight is 369 g/mol. The maximum absolute atomic E-state index is 12.5. The number of aromatic nitrogens is 2. The van der Waals surface area contributed by atoms with Gasteiger partial charge in [-0.05, 0) is 36.1 Å². The van der Waals surface area contributed by atoms with Gasteiger partial charge in [0.05, 0.1) is 5.56 Å². The smallest absolute Gasteiger partial charge is 0.322 e. The summed E-state index contributed by atoms with van der Waals surface area (Å²) >= 11 is 1.60. The van der Waals surface area contributed by atoms with Crippen LogP contribution in [0.4, 0.5) is 6.01 Å². The Hall–Kier alpha value is -3.00. The molecule has 0 saturated heterocycles. The highest BCUT2D eigenvalue weighted by Gasteiger charge is 2.18. The first-order valence-electron chi connectivity index (χ1n) is 8.01. The van der Waals surface area contributed by atoms with Crippen LogP contribution in [0.15, 0.2) is 51.8 Å². The van der Waals surface area contributed by atoms with Gasteiger partial charge >= 0.3 is 6.01 Å². The van der Waals surface area contributed by atoms with Gasteiger partial charge in [0.2, 0.25) is 12.7 Å². The number of nitrogens with zero attached hydrogens (tertiary/aromatic N) is 2. The summed E-state index contributed by atoms with van der Waals surface area (Å²) in [5.41, 5.74) is 1.26. The van der Waals surface area contributed by atoms with Crippen LogP contribution in [-0.4, -0.2) is 28.7 Å². The van der Waals surface area contributed by atoms with Gasteiger partial charge in [-0.2, -0.15) is 0 Å². The predicted octanol–water partition coefficient (Wildman–Crippen LogP) is 3.83. The third-order valence-corrected chi connectivity index (χ3v) is 4.65. The molecule has 0 atom stereocenters. The van der Waals surface area contributed by atoms with E-state index in [4.69, 9.17) is 13.9 Å². The van der Waals surface area contributed by atoms with Crippen LogP contribution in [0.2, 0.25) is 0 Å². The Morgan fingerprint density at radius 1 is 1.15 bits per heavy atom. The molecule has 26 heavy (non-hydrogen) atoms. The molecule has 1 aliphatic rings. The first-order valence-corrected chi connectivity index (χ1v) is 9.00. The zero-order valence-corrected chi connectivity index (χ0v) is 14.7. The lowest BCUT2D eigenvalue weighted by Gasteiger charge is -2.06. The Kier molecular flexibility index (Phi) is 4.49. The molecule has 0 bridgehead atoms. The van der Waals surface area contributed by atoms with Crippen molar-refractivity contribution in [3.8, 4) is 23.0 Å². The summed E-state index contributed by atoms with van der Waals surface area (Å²) in [5, 5.41) is 10.5. The standard InChI is InChI=1S/C18H15N3O4S/c1-2-26-15-6-4-3-5-12(15)16(22)19-18-21-20-17(25-18)11-7-8-13-14(9-11)24-10-23-13/h3-9H,2,10H2,1H3,(H,19,21,22). The summed E-state index contributed by atoms with van der Waals surface area (Å²) in [5.74, 6) is 2.17. The molecule has 0 unspecified atom stereocenters. The summed E-state index contributed by atoms with van der Waals surface area (Å²) in [4.78, 5) is 13.4. The number of carbonyl (C=O) groups excluding carboxylic acids is 1. The van der Waals surface area contributed by atoms with Crippen LogP contribution in [0.1, 0.15) is 17.3 Å². The van der Waals surface area contributed by atoms with Gasteiger partial charge in [0, 0.05) is 10.5 Å². The van der Waals surface area contributed by atoms with Crippen LogP contribution in [-0.2, 0) is 0 Å². The number of benzene rings is 2. The second kappa shape index (κ2) is 7.09. The van der Waals surface area contributed by atoms with Crippen LogP contribution in [0.25, 0.3) is 11.5 Å². The Morgan fingerprint density at radius 3 is 2.88 bits per heavy atom. The van der Waals surface area contributed by atoms with Crippen LogP contribution in [0, 0.1) is 0 Å². The van der Waals surface area contributed by atoms with E-state index in [2.05, 4.69) is 15.5 Å². The number of carbonyl (C=O) groups is 1. The molecule has 8 heteroatoms. The van der Waals surface area contributed by atoms with Crippen molar-refractivity contribution in [1.29, 1.82) is 0 Å². The van der Waals surface area contributed by atoms with E-state index in [9.17, 15) is 4.79 Å². The molecule has 4 rings (SSSR count). The summed E-state index contributed by atoms with van der Waals surface area (Å²) in [6.07, 6.45) is 0. The predicted molar refractivity (Wildman–Crippen MR) is 96.7 cm³/mol. The number of amides is 1. The zero-order chi connectivity index (χ0) is 17.9. The van der Waals surface area contributed by atoms with Gasteiger partial charge in [0.15, 0.2) is 11.5 Å². The molecular formula is C18H15N3O4S. The topological polar surface area (TPSA) is 86.5 Å². The molecule has 3 aromatic rings. The van der Waals surface area contributed by atoms with Gasteiger partial charge in [-0.15, -0.1) is 16.9 Å². The quantitative estimate of drug-likeness (QED) is 0.684. The number of ether oxygens (including phenoxy) is 2. The molecule has 0 saturated carbocycles. The first kappa shape index (κ1) is 16.5. The van der Waals surface area contributed by atoms with E-state index < -0.39 is 0 Å². The van der Waals surface area contributed by atoms with Gasteiger partial charge in [-0.25, -0.2) is 0 Å². The maximum Gasteiger partial charge on any atom is 0.322 e. The third kappa shape index (κ3) is 3.23. The van der Waals surface area contributed by atoms with Crippen molar-refractivity contribution in [3.05, 3.63) is 48.0 Å². The monoisotopic (exact) mass is 369 g/mol. The average Bonchev–Trinajstić information content (AvgIpc) is 3.31. The van der Waals surface area contributed by atoms with Gasteiger partial charge in [0.25, 0.3) is 5.91 Å². The molecule has 1 aliphatic heterocycles. The van der Waals surface area contributed by atoms with E-state index in [0.717, 1.165) is 10.6 Å². The lowest BCUT2D eigenvalue weighted by atomic mass is 10.2. The van der Waals surface area contributed by atoms with Crippen molar-refractivity contribution in [1.82, 2.24) is 10.2 Å². The van der Waals surface area contributed by atoms with Crippen LogP contribution >= 0.6 is 11.8 Å². The fourth-order valence-corrected chi connectivity index (χ4v) is 3.32. The molecule has 1 amide bonds. The highest BCUT2D eigenvalue weighted by Crippen LogP contribution is 2.35. The molecule has 1 N–H and O–H groups in total. The van der Waals surface area contributed by atoms with E-state index in [1.807, 2.05) is 25.1 Å². The van der Waals surface area contributed by atoms with E-state index in [-0.39, 0.29) is 24.6 Å². The number of thioether (sulfide) groups is 1. The van der Waals surface area contributed by atoms with Crippen molar-refractivity contribution in [2.75, 3.05) is 17.9 Å². The maximum atomic E-state index is 12.5. The lowest BCUT2D eigenvalue weighted by Crippen LogP contribution is -2.13. The Morgan fingerprint density at radius 2 is 2.00 bits per heavy atom. The number of rotatable bonds is 5. The summed E-state index contributed by atoms with van der Waals surface area (Å²) in [6.45, 7) is 2.23. The molecule has 0 spiro atoms. The minimum Gasteiger partial charge on any atom is -0.454 e. The SMILES string of the molecule is CCSc1ccccc1C(=O)Nc1nnc(-c2ccc3c(c2)OCO3)o1. The van der Waals surface area contributed by atoms with E-state index in [1.165, 1.54) is 0 Å². The minimum absolute atomic E-state index is 0.0407. The van der Waals surface area contributed by atoms with Crippen LogP contribution in [0.5, 0.6) is 11.5 Å². The molecule has 2 aromatic carbocycles. The van der Waals surface area contributed by atoms with Gasteiger partial charge in [-0.3, -0.25) is 10.1 Å². The normalized spacial score (nSPS) is 12.2. The van der Waals surface area contributed by atoms with E-state index in [1.54, 1.807) is 36.0 Å². The number of hydrogen-bond acceptors (Lipinski definition) is 7. The number of anilines is 1. The highest BCUT2D eigenvalue weighted by atomic mass is 32.2. The van der Waals surface area contributed by atoms with Gasteiger partial charge in [0.1, 0.15) is 0 Å². The summed E-state index contributed by atoms with van der Waals surface area (Å²) in [6, 6.07) is 12.8. The van der Waals surface area contributed by atoms with Crippen LogP contribution in [0.3, 0.4) is 0 Å². The summed E-state index contributed by atoms with van der Waals surface area (Å²) in [7, 11) is 0. The van der Waals surface area contributed by atoms with Crippen molar-refractivity contribution in [3.63, 3.8) is 0 Å². The molecular weight excluding hydrogens is 354 g/mol. The van der Waals surface area contributed by atoms with E-state index in [0.29, 0.717) is 22.6 Å². The Labute approximate surface area is 153 Å². The van der Waals surface area contributed by atoms with Crippen molar-refractivity contribution in [2.45, 2.75) is 11.8 Å². The molecule has 2 heterocycles. The fourth-order valence-electron chi connectivity index (χ4n) is 2.52. The lowest BCUT2D eigenvalue weighted by molar-refractivity contribution is 0.102. The molecule has 1 aromatic heterocycles. The van der Waals surface area contributed by atoms with Crippen molar-refractivity contribution in [2.24, 2.45) is 0 Å².